The van der Waals surface area contributed by atoms with Crippen molar-refractivity contribution in [1.82, 2.24) is 10.9 Å². The smallest absolute Gasteiger partial charge is 0.118 e. The van der Waals surface area contributed by atoms with Gasteiger partial charge in [-0.2, -0.15) is 0 Å². The molecule has 0 bridgehead atoms. The lowest BCUT2D eigenvalue weighted by atomic mass is 10.1. The van der Waals surface area contributed by atoms with Gasteiger partial charge in [0.2, 0.25) is 0 Å². The molecule has 0 aliphatic carbocycles. The number of hydrogen-bond acceptors (Lipinski definition) is 3. The molecule has 68 valence electrons. The Morgan fingerprint density at radius 2 is 2.00 bits per heavy atom. The van der Waals surface area contributed by atoms with Crippen LogP contribution in [0.5, 0.6) is 5.75 Å². The van der Waals surface area contributed by atoms with Crippen molar-refractivity contribution in [3.63, 3.8) is 0 Å². The van der Waals surface area contributed by atoms with E-state index in [2.05, 4.69) is 16.9 Å². The van der Waals surface area contributed by atoms with Crippen LogP contribution >= 0.6 is 0 Å². The number of hydrazine groups is 1. The van der Waals surface area contributed by atoms with Crippen LogP contribution in [0.25, 0.3) is 0 Å². The molecule has 1 atom stereocenters. The number of benzene rings is 1. The Morgan fingerprint density at radius 1 is 1.23 bits per heavy atom. The van der Waals surface area contributed by atoms with Gasteiger partial charge in [-0.05, 0) is 23.8 Å². The van der Waals surface area contributed by atoms with E-state index in [1.54, 1.807) is 7.11 Å². The molecule has 0 radical (unpaired) electrons. The first-order chi connectivity index (χ1) is 6.40. The summed E-state index contributed by atoms with van der Waals surface area (Å²) in [6, 6.07) is 8.29. The van der Waals surface area contributed by atoms with Crippen molar-refractivity contribution in [2.75, 3.05) is 7.11 Å². The monoisotopic (exact) mass is 176 g/mol. The highest BCUT2D eigenvalue weighted by Gasteiger charge is 2.09. The molecule has 1 unspecified atom stereocenters. The minimum Gasteiger partial charge on any atom is -0.497 e. The highest BCUT2D eigenvalue weighted by atomic mass is 16.5. The van der Waals surface area contributed by atoms with Gasteiger partial charge in [-0.25, -0.2) is 5.43 Å². The van der Waals surface area contributed by atoms with Crippen molar-refractivity contribution < 1.29 is 4.74 Å². The average molecular weight is 176 g/mol. The van der Waals surface area contributed by atoms with Crippen LogP contribution in [-0.4, -0.2) is 7.11 Å². The molecule has 2 N–H and O–H groups in total. The quantitative estimate of drug-likeness (QED) is 0.713. The molecule has 2 rings (SSSR count). The Labute approximate surface area is 77.4 Å². The standard InChI is InChI=1S/C10H12N2O/c1-13-9-4-2-8(3-5-9)10-6-7-11-12-10/h2-7,10-12H,1H3. The highest BCUT2D eigenvalue weighted by Crippen LogP contribution is 2.19. The summed E-state index contributed by atoms with van der Waals surface area (Å²) >= 11 is 0. The lowest BCUT2D eigenvalue weighted by Crippen LogP contribution is -2.23. The molecule has 0 saturated heterocycles. The van der Waals surface area contributed by atoms with E-state index in [1.165, 1.54) is 5.56 Å². The van der Waals surface area contributed by atoms with Gasteiger partial charge >= 0.3 is 0 Å². The maximum Gasteiger partial charge on any atom is 0.118 e. The normalized spacial score (nSPS) is 19.9. The van der Waals surface area contributed by atoms with Crippen molar-refractivity contribution in [2.45, 2.75) is 6.04 Å². The number of nitrogens with one attached hydrogen (secondary N) is 2. The lowest BCUT2D eigenvalue weighted by Gasteiger charge is -2.09. The second-order valence-electron chi connectivity index (χ2n) is 2.90. The van der Waals surface area contributed by atoms with E-state index in [0.29, 0.717) is 0 Å². The molecule has 3 nitrogen and oxygen atoms in total. The molecule has 3 heteroatoms. The average Bonchev–Trinajstić information content (AvgIpc) is 2.71. The molecule has 1 aliphatic heterocycles. The molecule has 0 spiro atoms. The zero-order valence-corrected chi connectivity index (χ0v) is 7.45. The van der Waals surface area contributed by atoms with Gasteiger partial charge in [0.05, 0.1) is 13.2 Å². The summed E-state index contributed by atoms with van der Waals surface area (Å²) in [6.07, 6.45) is 3.97. The van der Waals surface area contributed by atoms with Crippen LogP contribution in [0.1, 0.15) is 11.6 Å². The van der Waals surface area contributed by atoms with Crippen molar-refractivity contribution in [3.8, 4) is 5.75 Å². The Morgan fingerprint density at radius 3 is 2.54 bits per heavy atom. The Balaban J connectivity index is 2.17. The Bertz CT molecular complexity index is 305. The fraction of sp³-hybridized carbons (Fsp3) is 0.200. The molecular formula is C10H12N2O. The van der Waals surface area contributed by atoms with Gasteiger partial charge in [0, 0.05) is 6.20 Å². The first kappa shape index (κ1) is 8.13. The molecule has 1 aliphatic rings. The minimum atomic E-state index is 0.269. The topological polar surface area (TPSA) is 33.3 Å². The number of rotatable bonds is 2. The summed E-state index contributed by atoms with van der Waals surface area (Å²) in [5, 5.41) is 0. The molecule has 1 aromatic carbocycles. The van der Waals surface area contributed by atoms with Crippen LogP contribution in [0, 0.1) is 0 Å². The number of hydrogen-bond donors (Lipinski definition) is 2. The van der Waals surface area contributed by atoms with E-state index < -0.39 is 0 Å². The van der Waals surface area contributed by atoms with Gasteiger partial charge in [0.1, 0.15) is 5.75 Å². The van der Waals surface area contributed by atoms with Crippen LogP contribution in [0.4, 0.5) is 0 Å². The summed E-state index contributed by atoms with van der Waals surface area (Å²) in [5.41, 5.74) is 7.27. The maximum atomic E-state index is 5.08. The fourth-order valence-electron chi connectivity index (χ4n) is 1.34. The van der Waals surface area contributed by atoms with Crippen LogP contribution in [0.15, 0.2) is 36.5 Å². The van der Waals surface area contributed by atoms with Crippen LogP contribution in [0.3, 0.4) is 0 Å². The van der Waals surface area contributed by atoms with Crippen molar-refractivity contribution >= 4 is 0 Å². The number of ether oxygens (including phenoxy) is 1. The van der Waals surface area contributed by atoms with Crippen molar-refractivity contribution in [1.29, 1.82) is 0 Å². The molecule has 13 heavy (non-hydrogen) atoms. The van der Waals surface area contributed by atoms with Gasteiger partial charge in [-0.1, -0.05) is 12.1 Å². The number of methoxy groups -OCH3 is 1. The molecule has 0 amide bonds. The second-order valence-corrected chi connectivity index (χ2v) is 2.90. The third kappa shape index (κ3) is 1.65. The molecule has 0 fully saturated rings. The third-order valence-corrected chi connectivity index (χ3v) is 2.09. The van der Waals surface area contributed by atoms with E-state index in [-0.39, 0.29) is 6.04 Å². The lowest BCUT2D eigenvalue weighted by molar-refractivity contribution is 0.414. The third-order valence-electron chi connectivity index (χ3n) is 2.09. The summed E-state index contributed by atoms with van der Waals surface area (Å²) in [7, 11) is 1.67. The van der Waals surface area contributed by atoms with Gasteiger partial charge in [-0.15, -0.1) is 0 Å². The fourth-order valence-corrected chi connectivity index (χ4v) is 1.34. The maximum absolute atomic E-state index is 5.08. The van der Waals surface area contributed by atoms with Gasteiger partial charge in [0.25, 0.3) is 0 Å². The molecule has 1 heterocycles. The molecule has 0 aromatic heterocycles. The Hall–Kier alpha value is -1.48. The zero-order chi connectivity index (χ0) is 9.10. The minimum absolute atomic E-state index is 0.269. The van der Waals surface area contributed by atoms with E-state index in [4.69, 9.17) is 4.74 Å². The Kier molecular flexibility index (Phi) is 2.19. The van der Waals surface area contributed by atoms with Gasteiger partial charge < -0.3 is 10.2 Å². The van der Waals surface area contributed by atoms with E-state index >= 15 is 0 Å². The predicted octanol–water partition coefficient (Wildman–Crippen LogP) is 1.36. The van der Waals surface area contributed by atoms with Crippen molar-refractivity contribution in [3.05, 3.63) is 42.1 Å². The van der Waals surface area contributed by atoms with Crippen molar-refractivity contribution in [2.24, 2.45) is 0 Å². The highest BCUT2D eigenvalue weighted by molar-refractivity contribution is 5.31. The summed E-state index contributed by atoms with van der Waals surface area (Å²) in [6.45, 7) is 0. The van der Waals surface area contributed by atoms with Crippen LogP contribution < -0.4 is 15.6 Å². The summed E-state index contributed by atoms with van der Waals surface area (Å²) in [5.74, 6) is 0.888. The second kappa shape index (κ2) is 3.49. The van der Waals surface area contributed by atoms with Gasteiger partial charge in [-0.3, -0.25) is 0 Å². The zero-order valence-electron chi connectivity index (χ0n) is 7.45. The largest absolute Gasteiger partial charge is 0.497 e. The SMILES string of the molecule is COc1ccc(C2C=CNN2)cc1. The molecule has 0 saturated carbocycles. The van der Waals surface area contributed by atoms with Gasteiger partial charge in [0.15, 0.2) is 0 Å². The first-order valence-electron chi connectivity index (χ1n) is 4.22. The van der Waals surface area contributed by atoms with E-state index in [9.17, 15) is 0 Å². The predicted molar refractivity (Wildman–Crippen MR) is 51.1 cm³/mol. The van der Waals surface area contributed by atoms with Crippen LogP contribution in [0.2, 0.25) is 0 Å². The van der Waals surface area contributed by atoms with E-state index in [0.717, 1.165) is 5.75 Å². The summed E-state index contributed by atoms with van der Waals surface area (Å²) < 4.78 is 5.08. The van der Waals surface area contributed by atoms with Crippen LogP contribution in [-0.2, 0) is 0 Å². The molecule has 1 aromatic rings. The summed E-state index contributed by atoms with van der Waals surface area (Å²) in [4.78, 5) is 0. The first-order valence-corrected chi connectivity index (χ1v) is 4.22. The molecular weight excluding hydrogens is 164 g/mol. The van der Waals surface area contributed by atoms with E-state index in [1.807, 2.05) is 30.5 Å².